The molecular formula is C16H18FNO2. The topological polar surface area (TPSA) is 42.4 Å². The van der Waals surface area contributed by atoms with Crippen LogP contribution in [0.2, 0.25) is 0 Å². The third-order valence-electron chi connectivity index (χ3n) is 3.08. The zero-order valence-electron chi connectivity index (χ0n) is 11.6. The molecule has 0 aliphatic heterocycles. The van der Waals surface area contributed by atoms with E-state index in [1.54, 1.807) is 37.5 Å². The highest BCUT2D eigenvalue weighted by molar-refractivity contribution is 5.30. The van der Waals surface area contributed by atoms with Crippen LogP contribution in [0.5, 0.6) is 5.75 Å². The third kappa shape index (κ3) is 3.54. The summed E-state index contributed by atoms with van der Waals surface area (Å²) in [5, 5.41) is 10.6. The highest BCUT2D eigenvalue weighted by Crippen LogP contribution is 2.27. The van der Waals surface area contributed by atoms with Crippen molar-refractivity contribution >= 4 is 0 Å². The molecule has 0 radical (unpaired) electrons. The molecule has 0 saturated carbocycles. The van der Waals surface area contributed by atoms with Crippen molar-refractivity contribution in [3.63, 3.8) is 0 Å². The molecule has 3 nitrogen and oxygen atoms in total. The van der Waals surface area contributed by atoms with Gasteiger partial charge in [0.05, 0.1) is 18.4 Å². The van der Waals surface area contributed by atoms with E-state index < -0.39 is 5.60 Å². The molecule has 0 fully saturated rings. The average Bonchev–Trinajstić information content (AvgIpc) is 2.39. The molecule has 2 aromatic rings. The minimum Gasteiger partial charge on any atom is -0.492 e. The van der Waals surface area contributed by atoms with Crippen LogP contribution in [0.25, 0.3) is 0 Å². The van der Waals surface area contributed by atoms with Gasteiger partial charge in [0.2, 0.25) is 0 Å². The van der Waals surface area contributed by atoms with Crippen LogP contribution in [0.15, 0.2) is 42.7 Å². The summed E-state index contributed by atoms with van der Waals surface area (Å²) in [5.74, 6) is 0.309. The molecule has 1 atom stereocenters. The molecule has 0 saturated heterocycles. The van der Waals surface area contributed by atoms with E-state index in [0.29, 0.717) is 24.3 Å². The lowest BCUT2D eigenvalue weighted by molar-refractivity contribution is 0.0569. The molecule has 106 valence electrons. The van der Waals surface area contributed by atoms with Crippen LogP contribution in [0, 0.1) is 5.82 Å². The van der Waals surface area contributed by atoms with E-state index in [9.17, 15) is 9.50 Å². The Balaban J connectivity index is 2.23. The standard InChI is InChI=1S/C16H18FNO2/c1-3-20-15-8-13(10-18-11-15)16(2,19)9-12-5-4-6-14(17)7-12/h4-8,10-11,19H,3,9H2,1-2H3. The second-order valence-corrected chi connectivity index (χ2v) is 4.92. The summed E-state index contributed by atoms with van der Waals surface area (Å²) in [6.45, 7) is 4.11. The zero-order chi connectivity index (χ0) is 14.6. The van der Waals surface area contributed by atoms with Crippen LogP contribution in [-0.4, -0.2) is 16.7 Å². The van der Waals surface area contributed by atoms with Crippen molar-refractivity contribution in [2.75, 3.05) is 6.61 Å². The summed E-state index contributed by atoms with van der Waals surface area (Å²) >= 11 is 0. The lowest BCUT2D eigenvalue weighted by Gasteiger charge is -2.24. The highest BCUT2D eigenvalue weighted by atomic mass is 19.1. The van der Waals surface area contributed by atoms with E-state index in [1.807, 2.05) is 6.92 Å². The van der Waals surface area contributed by atoms with Crippen molar-refractivity contribution in [1.29, 1.82) is 0 Å². The first-order valence-corrected chi connectivity index (χ1v) is 6.56. The lowest BCUT2D eigenvalue weighted by Crippen LogP contribution is -2.24. The van der Waals surface area contributed by atoms with Gasteiger partial charge in [-0.05, 0) is 37.6 Å². The number of aliphatic hydroxyl groups is 1. The predicted molar refractivity (Wildman–Crippen MR) is 75.1 cm³/mol. The van der Waals surface area contributed by atoms with Gasteiger partial charge in [-0.3, -0.25) is 4.98 Å². The second kappa shape index (κ2) is 6.01. The van der Waals surface area contributed by atoms with Crippen LogP contribution < -0.4 is 4.74 Å². The molecule has 0 bridgehead atoms. The minimum atomic E-state index is -1.13. The van der Waals surface area contributed by atoms with E-state index in [1.165, 1.54) is 12.1 Å². The number of hydrogen-bond donors (Lipinski definition) is 1. The van der Waals surface area contributed by atoms with E-state index >= 15 is 0 Å². The normalized spacial score (nSPS) is 13.8. The van der Waals surface area contributed by atoms with Gasteiger partial charge in [0, 0.05) is 18.2 Å². The average molecular weight is 275 g/mol. The van der Waals surface area contributed by atoms with Gasteiger partial charge in [-0.15, -0.1) is 0 Å². The minimum absolute atomic E-state index is 0.306. The molecular weight excluding hydrogens is 257 g/mol. The fourth-order valence-electron chi connectivity index (χ4n) is 2.11. The molecule has 1 N–H and O–H groups in total. The number of pyridine rings is 1. The summed E-state index contributed by atoms with van der Waals surface area (Å²) < 4.78 is 18.6. The van der Waals surface area contributed by atoms with Gasteiger partial charge in [0.1, 0.15) is 11.6 Å². The van der Waals surface area contributed by atoms with Crippen LogP contribution in [0.1, 0.15) is 25.0 Å². The number of hydrogen-bond acceptors (Lipinski definition) is 3. The van der Waals surface area contributed by atoms with E-state index in [4.69, 9.17) is 4.74 Å². The first-order valence-electron chi connectivity index (χ1n) is 6.56. The van der Waals surface area contributed by atoms with Gasteiger partial charge in [-0.2, -0.15) is 0 Å². The van der Waals surface area contributed by atoms with E-state index in [2.05, 4.69) is 4.98 Å². The van der Waals surface area contributed by atoms with Gasteiger partial charge >= 0.3 is 0 Å². The van der Waals surface area contributed by atoms with Crippen molar-refractivity contribution in [3.05, 3.63) is 59.7 Å². The number of nitrogens with zero attached hydrogens (tertiary/aromatic N) is 1. The van der Waals surface area contributed by atoms with Gasteiger partial charge < -0.3 is 9.84 Å². The Labute approximate surface area is 118 Å². The van der Waals surface area contributed by atoms with Crippen LogP contribution in [0.3, 0.4) is 0 Å². The largest absolute Gasteiger partial charge is 0.492 e. The molecule has 0 aliphatic rings. The SMILES string of the molecule is CCOc1cncc(C(C)(O)Cc2cccc(F)c2)c1. The smallest absolute Gasteiger partial charge is 0.137 e. The summed E-state index contributed by atoms with van der Waals surface area (Å²) in [5.41, 5.74) is 0.248. The Morgan fingerprint density at radius 3 is 2.80 bits per heavy atom. The molecule has 2 rings (SSSR count). The molecule has 0 amide bonds. The summed E-state index contributed by atoms with van der Waals surface area (Å²) in [7, 11) is 0. The maximum absolute atomic E-state index is 13.2. The molecule has 1 unspecified atom stereocenters. The quantitative estimate of drug-likeness (QED) is 0.912. The van der Waals surface area contributed by atoms with E-state index in [-0.39, 0.29) is 5.82 Å². The lowest BCUT2D eigenvalue weighted by atomic mass is 9.90. The van der Waals surface area contributed by atoms with Gasteiger partial charge in [0.25, 0.3) is 0 Å². The fourth-order valence-corrected chi connectivity index (χ4v) is 2.11. The number of benzene rings is 1. The van der Waals surface area contributed by atoms with Gasteiger partial charge in [-0.25, -0.2) is 4.39 Å². The van der Waals surface area contributed by atoms with Gasteiger partial charge in [0.15, 0.2) is 0 Å². The monoisotopic (exact) mass is 275 g/mol. The third-order valence-corrected chi connectivity index (χ3v) is 3.08. The Kier molecular flexibility index (Phi) is 4.35. The Morgan fingerprint density at radius 2 is 2.10 bits per heavy atom. The Morgan fingerprint density at radius 1 is 1.30 bits per heavy atom. The van der Waals surface area contributed by atoms with Crippen molar-refractivity contribution in [2.24, 2.45) is 0 Å². The zero-order valence-corrected chi connectivity index (χ0v) is 11.6. The molecule has 1 aromatic carbocycles. The van der Waals surface area contributed by atoms with Gasteiger partial charge in [-0.1, -0.05) is 12.1 Å². The molecule has 4 heteroatoms. The van der Waals surface area contributed by atoms with Crippen molar-refractivity contribution in [3.8, 4) is 5.75 Å². The first-order chi connectivity index (χ1) is 9.51. The van der Waals surface area contributed by atoms with Crippen molar-refractivity contribution in [2.45, 2.75) is 25.9 Å². The van der Waals surface area contributed by atoms with Crippen LogP contribution in [-0.2, 0) is 12.0 Å². The molecule has 1 aromatic heterocycles. The Hall–Kier alpha value is -1.94. The summed E-state index contributed by atoms with van der Waals surface area (Å²) in [6.07, 6.45) is 3.51. The highest BCUT2D eigenvalue weighted by Gasteiger charge is 2.24. The first kappa shape index (κ1) is 14.5. The second-order valence-electron chi connectivity index (χ2n) is 4.92. The van der Waals surface area contributed by atoms with Crippen molar-refractivity contribution < 1.29 is 14.2 Å². The summed E-state index contributed by atoms with van der Waals surface area (Å²) in [4.78, 5) is 4.07. The number of halogens is 1. The Bertz CT molecular complexity index is 584. The predicted octanol–water partition coefficient (Wildman–Crippen LogP) is 3.07. The number of ether oxygens (including phenoxy) is 1. The fraction of sp³-hybridized carbons (Fsp3) is 0.312. The molecule has 0 spiro atoms. The maximum Gasteiger partial charge on any atom is 0.137 e. The van der Waals surface area contributed by atoms with Crippen LogP contribution in [0.4, 0.5) is 4.39 Å². The van der Waals surface area contributed by atoms with Crippen molar-refractivity contribution in [1.82, 2.24) is 4.98 Å². The molecule has 0 aliphatic carbocycles. The maximum atomic E-state index is 13.2. The molecule has 1 heterocycles. The summed E-state index contributed by atoms with van der Waals surface area (Å²) in [6, 6.07) is 7.99. The van der Waals surface area contributed by atoms with Crippen LogP contribution >= 0.6 is 0 Å². The number of rotatable bonds is 5. The van der Waals surface area contributed by atoms with E-state index in [0.717, 1.165) is 5.56 Å². The number of aromatic nitrogens is 1. The molecule has 20 heavy (non-hydrogen) atoms.